The van der Waals surface area contributed by atoms with Gasteiger partial charge in [-0.2, -0.15) is 5.10 Å². The first-order chi connectivity index (χ1) is 9.66. The van der Waals surface area contributed by atoms with Crippen LogP contribution in [0.1, 0.15) is 25.1 Å². The molecule has 2 heterocycles. The number of aliphatic carboxylic acids is 1. The number of nitrogens with zero attached hydrogens (tertiary/aromatic N) is 3. The van der Waals surface area contributed by atoms with E-state index in [1.54, 1.807) is 4.90 Å². The molecule has 0 unspecified atom stereocenters. The van der Waals surface area contributed by atoms with Gasteiger partial charge in [0.15, 0.2) is 0 Å². The molecule has 20 heavy (non-hydrogen) atoms. The number of H-pyrrole nitrogens is 1. The highest BCUT2D eigenvalue weighted by Gasteiger charge is 2.26. The number of carbonyl (C=O) groups excluding carboxylic acids is 1. The molecule has 0 atom stereocenters. The zero-order valence-electron chi connectivity index (χ0n) is 11.2. The molecule has 1 aromatic heterocycles. The molecular formula is C12H19N5O3. The Hall–Kier alpha value is -2.12. The molecule has 110 valence electrons. The van der Waals surface area contributed by atoms with Crippen LogP contribution in [-0.2, 0) is 11.2 Å². The summed E-state index contributed by atoms with van der Waals surface area (Å²) in [5.74, 6) is -0.274. The van der Waals surface area contributed by atoms with E-state index in [0.29, 0.717) is 32.5 Å². The molecular weight excluding hydrogens is 262 g/mol. The molecule has 0 aromatic carbocycles. The van der Waals surface area contributed by atoms with Crippen molar-refractivity contribution in [1.29, 1.82) is 0 Å². The number of aromatic amines is 1. The van der Waals surface area contributed by atoms with Gasteiger partial charge in [0, 0.05) is 26.1 Å². The van der Waals surface area contributed by atoms with Crippen molar-refractivity contribution in [2.75, 3.05) is 19.6 Å². The van der Waals surface area contributed by atoms with E-state index in [2.05, 4.69) is 20.5 Å². The Bertz CT molecular complexity index is 440. The molecule has 8 nitrogen and oxygen atoms in total. The van der Waals surface area contributed by atoms with Gasteiger partial charge in [-0.05, 0) is 19.3 Å². The number of nitrogens with one attached hydrogen (secondary N) is 2. The minimum Gasteiger partial charge on any atom is -0.481 e. The molecule has 0 aliphatic carbocycles. The quantitative estimate of drug-likeness (QED) is 0.670. The second kappa shape index (κ2) is 6.88. The molecule has 2 rings (SSSR count). The van der Waals surface area contributed by atoms with Crippen LogP contribution in [0.15, 0.2) is 6.33 Å². The molecule has 0 bridgehead atoms. The molecule has 1 aromatic rings. The second-order valence-electron chi connectivity index (χ2n) is 4.87. The van der Waals surface area contributed by atoms with Crippen molar-refractivity contribution in [3.8, 4) is 0 Å². The summed E-state index contributed by atoms with van der Waals surface area (Å²) in [4.78, 5) is 28.4. The summed E-state index contributed by atoms with van der Waals surface area (Å²) in [5.41, 5.74) is 0. The molecule has 8 heteroatoms. The Kier molecular flexibility index (Phi) is 4.91. The Morgan fingerprint density at radius 1 is 1.45 bits per heavy atom. The number of carboxylic acid groups (broad SMARTS) is 1. The summed E-state index contributed by atoms with van der Waals surface area (Å²) in [7, 11) is 0. The van der Waals surface area contributed by atoms with Crippen LogP contribution in [0.3, 0.4) is 0 Å². The maximum atomic E-state index is 11.9. The van der Waals surface area contributed by atoms with E-state index in [1.807, 2.05) is 0 Å². The van der Waals surface area contributed by atoms with Crippen molar-refractivity contribution in [2.45, 2.75) is 25.7 Å². The van der Waals surface area contributed by atoms with E-state index < -0.39 is 5.97 Å². The number of aryl methyl sites for hydroxylation is 1. The van der Waals surface area contributed by atoms with Gasteiger partial charge in [0.2, 0.25) is 0 Å². The lowest BCUT2D eigenvalue weighted by atomic mass is 9.97. The molecule has 1 saturated heterocycles. The Morgan fingerprint density at radius 3 is 2.80 bits per heavy atom. The number of aromatic nitrogens is 3. The maximum Gasteiger partial charge on any atom is 0.317 e. The number of amides is 2. The maximum absolute atomic E-state index is 11.9. The van der Waals surface area contributed by atoms with Gasteiger partial charge in [-0.1, -0.05) is 0 Å². The summed E-state index contributed by atoms with van der Waals surface area (Å²) in [6.45, 7) is 1.58. The molecule has 1 aliphatic heterocycles. The van der Waals surface area contributed by atoms with Crippen LogP contribution >= 0.6 is 0 Å². The number of hydrogen-bond acceptors (Lipinski definition) is 4. The normalized spacial score (nSPS) is 16.1. The number of rotatable bonds is 5. The van der Waals surface area contributed by atoms with E-state index in [9.17, 15) is 9.59 Å². The van der Waals surface area contributed by atoms with Gasteiger partial charge < -0.3 is 15.3 Å². The van der Waals surface area contributed by atoms with Gasteiger partial charge in [-0.25, -0.2) is 9.78 Å². The number of urea groups is 1. The van der Waals surface area contributed by atoms with Crippen molar-refractivity contribution in [3.63, 3.8) is 0 Å². The lowest BCUT2D eigenvalue weighted by Gasteiger charge is -2.30. The lowest BCUT2D eigenvalue weighted by molar-refractivity contribution is -0.143. The largest absolute Gasteiger partial charge is 0.481 e. The third-order valence-corrected chi connectivity index (χ3v) is 3.46. The highest BCUT2D eigenvalue weighted by atomic mass is 16.4. The SMILES string of the molecule is O=C(O)C1CCN(C(=O)NCCCc2ncn[nH]2)CC1. The van der Waals surface area contributed by atoms with Crippen LogP contribution in [0.25, 0.3) is 0 Å². The van der Waals surface area contributed by atoms with Crippen molar-refractivity contribution in [2.24, 2.45) is 5.92 Å². The van der Waals surface area contributed by atoms with E-state index in [4.69, 9.17) is 5.11 Å². The topological polar surface area (TPSA) is 111 Å². The lowest BCUT2D eigenvalue weighted by Crippen LogP contribution is -2.45. The van der Waals surface area contributed by atoms with Crippen LogP contribution in [0.4, 0.5) is 4.79 Å². The molecule has 0 radical (unpaired) electrons. The Morgan fingerprint density at radius 2 is 2.20 bits per heavy atom. The summed E-state index contributed by atoms with van der Waals surface area (Å²) >= 11 is 0. The number of hydrogen-bond donors (Lipinski definition) is 3. The second-order valence-corrected chi connectivity index (χ2v) is 4.87. The van der Waals surface area contributed by atoms with E-state index in [0.717, 1.165) is 18.7 Å². The number of carboxylic acids is 1. The van der Waals surface area contributed by atoms with E-state index in [1.165, 1.54) is 6.33 Å². The van der Waals surface area contributed by atoms with Crippen molar-refractivity contribution in [1.82, 2.24) is 25.4 Å². The van der Waals surface area contributed by atoms with Gasteiger partial charge in [-0.15, -0.1) is 0 Å². The molecule has 1 fully saturated rings. The smallest absolute Gasteiger partial charge is 0.317 e. The van der Waals surface area contributed by atoms with Crippen LogP contribution in [-0.4, -0.2) is 56.8 Å². The zero-order chi connectivity index (χ0) is 14.4. The summed E-state index contributed by atoms with van der Waals surface area (Å²) in [6, 6.07) is -0.119. The van der Waals surface area contributed by atoms with E-state index in [-0.39, 0.29) is 11.9 Å². The Labute approximate surface area is 116 Å². The van der Waals surface area contributed by atoms with Gasteiger partial charge in [0.05, 0.1) is 5.92 Å². The summed E-state index contributed by atoms with van der Waals surface area (Å²) in [6.07, 6.45) is 4.04. The molecule has 1 aliphatic rings. The summed E-state index contributed by atoms with van der Waals surface area (Å²) < 4.78 is 0. The van der Waals surface area contributed by atoms with Crippen LogP contribution in [0, 0.1) is 5.92 Å². The minimum atomic E-state index is -0.767. The fourth-order valence-corrected chi connectivity index (χ4v) is 2.24. The average molecular weight is 281 g/mol. The van der Waals surface area contributed by atoms with Gasteiger partial charge in [-0.3, -0.25) is 9.89 Å². The third kappa shape index (κ3) is 3.94. The molecule has 3 N–H and O–H groups in total. The fraction of sp³-hybridized carbons (Fsp3) is 0.667. The highest BCUT2D eigenvalue weighted by molar-refractivity contribution is 5.75. The number of carbonyl (C=O) groups is 2. The van der Waals surface area contributed by atoms with Crippen LogP contribution in [0.5, 0.6) is 0 Å². The first-order valence-corrected chi connectivity index (χ1v) is 6.76. The molecule has 2 amide bonds. The standard InChI is InChI=1S/C12H19N5O3/c18-11(19)9-3-6-17(7-4-9)12(20)13-5-1-2-10-14-8-15-16-10/h8-9H,1-7H2,(H,13,20)(H,18,19)(H,14,15,16). The zero-order valence-corrected chi connectivity index (χ0v) is 11.2. The van der Waals surface area contributed by atoms with Crippen molar-refractivity contribution < 1.29 is 14.7 Å². The van der Waals surface area contributed by atoms with Gasteiger partial charge in [0.25, 0.3) is 0 Å². The summed E-state index contributed by atoms with van der Waals surface area (Å²) in [5, 5.41) is 18.2. The van der Waals surface area contributed by atoms with Gasteiger partial charge in [0.1, 0.15) is 12.2 Å². The fourth-order valence-electron chi connectivity index (χ4n) is 2.24. The first-order valence-electron chi connectivity index (χ1n) is 6.76. The third-order valence-electron chi connectivity index (χ3n) is 3.46. The minimum absolute atomic E-state index is 0.119. The predicted octanol–water partition coefficient (Wildman–Crippen LogP) is 0.243. The van der Waals surface area contributed by atoms with Crippen LogP contribution < -0.4 is 5.32 Å². The average Bonchev–Trinajstić information content (AvgIpc) is 2.96. The van der Waals surface area contributed by atoms with Crippen molar-refractivity contribution >= 4 is 12.0 Å². The van der Waals surface area contributed by atoms with E-state index >= 15 is 0 Å². The molecule has 0 saturated carbocycles. The highest BCUT2D eigenvalue weighted by Crippen LogP contribution is 2.17. The van der Waals surface area contributed by atoms with Crippen molar-refractivity contribution in [3.05, 3.63) is 12.2 Å². The first kappa shape index (κ1) is 14.3. The molecule has 0 spiro atoms. The number of piperidine rings is 1. The van der Waals surface area contributed by atoms with Gasteiger partial charge >= 0.3 is 12.0 Å². The monoisotopic (exact) mass is 281 g/mol. The number of likely N-dealkylation sites (tertiary alicyclic amines) is 1. The van der Waals surface area contributed by atoms with Crippen LogP contribution in [0.2, 0.25) is 0 Å². The Balaban J connectivity index is 1.62. The predicted molar refractivity (Wildman–Crippen MR) is 70.0 cm³/mol.